The lowest BCUT2D eigenvalue weighted by Gasteiger charge is -2.28. The second-order valence-corrected chi connectivity index (χ2v) is 6.52. The van der Waals surface area contributed by atoms with E-state index in [2.05, 4.69) is 5.32 Å². The number of carbonyl (C=O) groups is 2. The van der Waals surface area contributed by atoms with Gasteiger partial charge in [0.25, 0.3) is 0 Å². The molecule has 4 nitrogen and oxygen atoms in total. The van der Waals surface area contributed by atoms with E-state index in [4.69, 9.17) is 23.2 Å². The molecule has 1 aliphatic rings. The molecule has 1 aliphatic heterocycles. The van der Waals surface area contributed by atoms with E-state index in [9.17, 15) is 9.59 Å². The number of carbonyl (C=O) groups excluding carboxylic acids is 2. The Morgan fingerprint density at radius 3 is 2.33 bits per heavy atom. The molecule has 21 heavy (non-hydrogen) atoms. The summed E-state index contributed by atoms with van der Waals surface area (Å²) in [6.45, 7) is 4.73. The third-order valence-corrected chi connectivity index (χ3v) is 4.41. The maximum absolute atomic E-state index is 12.4. The fourth-order valence-electron chi connectivity index (χ4n) is 2.27. The number of likely N-dealkylation sites (tertiary alicyclic amines) is 1. The van der Waals surface area contributed by atoms with Crippen LogP contribution < -0.4 is 5.32 Å². The van der Waals surface area contributed by atoms with Crippen LogP contribution in [0.5, 0.6) is 0 Å². The van der Waals surface area contributed by atoms with Crippen LogP contribution in [-0.4, -0.2) is 29.8 Å². The maximum atomic E-state index is 12.4. The Labute approximate surface area is 134 Å². The molecule has 1 N–H and O–H groups in total. The van der Waals surface area contributed by atoms with Gasteiger partial charge in [0.05, 0.1) is 10.0 Å². The van der Waals surface area contributed by atoms with Crippen molar-refractivity contribution < 1.29 is 9.59 Å². The lowest BCUT2D eigenvalue weighted by Crippen LogP contribution is -2.46. The second kappa shape index (κ2) is 6.24. The number of amides is 2. The molecular formula is C15H18Cl2N2O2. The zero-order valence-electron chi connectivity index (χ0n) is 12.1. The molecule has 114 valence electrons. The zero-order chi connectivity index (χ0) is 15.6. The van der Waals surface area contributed by atoms with Gasteiger partial charge < -0.3 is 10.2 Å². The van der Waals surface area contributed by atoms with Crippen molar-refractivity contribution in [3.63, 3.8) is 0 Å². The van der Waals surface area contributed by atoms with Crippen LogP contribution in [0, 0.1) is 5.41 Å². The quantitative estimate of drug-likeness (QED) is 0.862. The predicted molar refractivity (Wildman–Crippen MR) is 84.7 cm³/mol. The molecule has 0 radical (unpaired) electrons. The number of benzene rings is 1. The topological polar surface area (TPSA) is 49.4 Å². The molecule has 1 heterocycles. The minimum atomic E-state index is -1.11. The van der Waals surface area contributed by atoms with Gasteiger partial charge in [-0.15, -0.1) is 0 Å². The normalized spacial score (nSPS) is 15.1. The molecular weight excluding hydrogens is 311 g/mol. The first-order valence-corrected chi connectivity index (χ1v) is 7.64. The molecule has 2 rings (SSSR count). The van der Waals surface area contributed by atoms with Crippen molar-refractivity contribution in [1.29, 1.82) is 0 Å². The van der Waals surface area contributed by atoms with Gasteiger partial charge in [0, 0.05) is 18.8 Å². The largest absolute Gasteiger partial charge is 0.342 e. The lowest BCUT2D eigenvalue weighted by atomic mass is 9.90. The molecule has 0 aromatic heterocycles. The van der Waals surface area contributed by atoms with Crippen LogP contribution in [0.25, 0.3) is 0 Å². The summed E-state index contributed by atoms with van der Waals surface area (Å²) >= 11 is 11.8. The summed E-state index contributed by atoms with van der Waals surface area (Å²) < 4.78 is 0. The third-order valence-electron chi connectivity index (χ3n) is 3.67. The van der Waals surface area contributed by atoms with Crippen LogP contribution in [0.2, 0.25) is 10.0 Å². The van der Waals surface area contributed by atoms with Gasteiger partial charge in [-0.1, -0.05) is 23.2 Å². The molecule has 2 amide bonds. The van der Waals surface area contributed by atoms with Crippen molar-refractivity contribution in [1.82, 2.24) is 4.90 Å². The molecule has 1 aromatic rings. The summed E-state index contributed by atoms with van der Waals surface area (Å²) in [5.41, 5.74) is -0.590. The Hall–Kier alpha value is -1.26. The Morgan fingerprint density at radius 1 is 1.14 bits per heavy atom. The van der Waals surface area contributed by atoms with Gasteiger partial charge in [0.2, 0.25) is 11.8 Å². The Bertz CT molecular complexity index is 567. The number of anilines is 1. The summed E-state index contributed by atoms with van der Waals surface area (Å²) in [5, 5.41) is 3.50. The van der Waals surface area contributed by atoms with Gasteiger partial charge in [0.15, 0.2) is 0 Å². The van der Waals surface area contributed by atoms with E-state index in [1.165, 1.54) is 0 Å². The van der Waals surface area contributed by atoms with Crippen LogP contribution in [0.4, 0.5) is 5.69 Å². The van der Waals surface area contributed by atoms with Gasteiger partial charge in [-0.25, -0.2) is 0 Å². The molecule has 6 heteroatoms. The number of nitrogens with one attached hydrogen (secondary N) is 1. The van der Waals surface area contributed by atoms with Crippen molar-refractivity contribution in [2.75, 3.05) is 18.4 Å². The lowest BCUT2D eigenvalue weighted by molar-refractivity contribution is -0.145. The SMILES string of the molecule is CC(C)(C(=O)Nc1ccc(Cl)c(Cl)c1)C(=O)N1CCCC1. The van der Waals surface area contributed by atoms with Crippen LogP contribution >= 0.6 is 23.2 Å². The Kier molecular flexibility index (Phi) is 4.79. The number of nitrogens with zero attached hydrogens (tertiary/aromatic N) is 1. The van der Waals surface area contributed by atoms with Crippen molar-refractivity contribution in [2.45, 2.75) is 26.7 Å². The zero-order valence-corrected chi connectivity index (χ0v) is 13.6. The highest BCUT2D eigenvalue weighted by Crippen LogP contribution is 2.28. The average Bonchev–Trinajstić information content (AvgIpc) is 2.95. The smallest absolute Gasteiger partial charge is 0.239 e. The monoisotopic (exact) mass is 328 g/mol. The number of hydrogen-bond donors (Lipinski definition) is 1. The summed E-state index contributed by atoms with van der Waals surface area (Å²) in [6, 6.07) is 4.83. The van der Waals surface area contributed by atoms with Crippen molar-refractivity contribution in [2.24, 2.45) is 5.41 Å². The van der Waals surface area contributed by atoms with E-state index in [0.29, 0.717) is 15.7 Å². The van der Waals surface area contributed by atoms with Gasteiger partial charge in [-0.05, 0) is 44.9 Å². The standard InChI is InChI=1S/C15H18Cl2N2O2/c1-15(2,14(21)19-7-3-4-8-19)13(20)18-10-5-6-11(16)12(17)9-10/h5-6,9H,3-4,7-8H2,1-2H3,(H,18,20). The number of hydrogen-bond acceptors (Lipinski definition) is 2. The average molecular weight is 329 g/mol. The minimum Gasteiger partial charge on any atom is -0.342 e. The molecule has 1 aromatic carbocycles. The fraction of sp³-hybridized carbons (Fsp3) is 0.467. The van der Waals surface area contributed by atoms with Crippen LogP contribution in [0.3, 0.4) is 0 Å². The van der Waals surface area contributed by atoms with E-state index < -0.39 is 5.41 Å². The first kappa shape index (κ1) is 16.1. The van der Waals surface area contributed by atoms with Gasteiger partial charge in [-0.3, -0.25) is 9.59 Å². The van der Waals surface area contributed by atoms with Crippen LogP contribution in [-0.2, 0) is 9.59 Å². The van der Waals surface area contributed by atoms with Crippen LogP contribution in [0.15, 0.2) is 18.2 Å². The molecule has 0 unspecified atom stereocenters. The van der Waals surface area contributed by atoms with Gasteiger partial charge >= 0.3 is 0 Å². The highest BCUT2D eigenvalue weighted by molar-refractivity contribution is 6.42. The summed E-state index contributed by atoms with van der Waals surface area (Å²) in [5.74, 6) is -0.490. The highest BCUT2D eigenvalue weighted by Gasteiger charge is 2.39. The van der Waals surface area contributed by atoms with Crippen molar-refractivity contribution in [3.8, 4) is 0 Å². The first-order valence-electron chi connectivity index (χ1n) is 6.88. The van der Waals surface area contributed by atoms with Crippen molar-refractivity contribution >= 4 is 40.7 Å². The van der Waals surface area contributed by atoms with Gasteiger partial charge in [0.1, 0.15) is 5.41 Å². The fourth-order valence-corrected chi connectivity index (χ4v) is 2.57. The van der Waals surface area contributed by atoms with Gasteiger partial charge in [-0.2, -0.15) is 0 Å². The first-order chi connectivity index (χ1) is 9.82. The molecule has 1 fully saturated rings. The van der Waals surface area contributed by atoms with E-state index in [0.717, 1.165) is 25.9 Å². The van der Waals surface area contributed by atoms with E-state index in [-0.39, 0.29) is 11.8 Å². The summed E-state index contributed by atoms with van der Waals surface area (Å²) in [4.78, 5) is 26.6. The molecule has 0 spiro atoms. The second-order valence-electron chi connectivity index (χ2n) is 5.71. The molecule has 0 aliphatic carbocycles. The summed E-state index contributed by atoms with van der Waals surface area (Å²) in [7, 11) is 0. The maximum Gasteiger partial charge on any atom is 0.239 e. The molecule has 0 saturated carbocycles. The molecule has 0 bridgehead atoms. The molecule has 0 atom stereocenters. The van der Waals surface area contributed by atoms with Crippen molar-refractivity contribution in [3.05, 3.63) is 28.2 Å². The van der Waals surface area contributed by atoms with E-state index in [1.807, 2.05) is 0 Å². The molecule has 1 saturated heterocycles. The van der Waals surface area contributed by atoms with E-state index >= 15 is 0 Å². The third kappa shape index (κ3) is 3.50. The Balaban J connectivity index is 2.10. The predicted octanol–water partition coefficient (Wildman–Crippen LogP) is 3.58. The minimum absolute atomic E-state index is 0.141. The number of rotatable bonds is 3. The summed E-state index contributed by atoms with van der Waals surface area (Å²) in [6.07, 6.45) is 1.99. The Morgan fingerprint density at radius 2 is 1.76 bits per heavy atom. The number of halogens is 2. The highest BCUT2D eigenvalue weighted by atomic mass is 35.5. The van der Waals surface area contributed by atoms with Crippen LogP contribution in [0.1, 0.15) is 26.7 Å². The van der Waals surface area contributed by atoms with E-state index in [1.54, 1.807) is 36.9 Å².